The molecule has 0 fully saturated rings. The van der Waals surface area contributed by atoms with Gasteiger partial charge in [0.25, 0.3) is 5.91 Å². The molecule has 0 bridgehead atoms. The van der Waals surface area contributed by atoms with Crippen molar-refractivity contribution in [2.24, 2.45) is 5.92 Å². The molecular weight excluding hydrogens is 272 g/mol. The van der Waals surface area contributed by atoms with Gasteiger partial charge in [-0.15, -0.1) is 0 Å². The number of unbranched alkanes of at least 4 members (excludes halogenated alkanes) is 2. The van der Waals surface area contributed by atoms with E-state index in [0.29, 0.717) is 5.76 Å². The van der Waals surface area contributed by atoms with E-state index in [2.05, 4.69) is 17.4 Å². The molecule has 0 radical (unpaired) electrons. The molecule has 0 aliphatic carbocycles. The summed E-state index contributed by atoms with van der Waals surface area (Å²) in [5, 5.41) is 6.06. The lowest BCUT2D eigenvalue weighted by Gasteiger charge is -2.12. The van der Waals surface area contributed by atoms with Gasteiger partial charge in [0.1, 0.15) is 0 Å². The van der Waals surface area contributed by atoms with E-state index < -0.39 is 0 Å². The zero-order chi connectivity index (χ0) is 15.7. The minimum absolute atomic E-state index is 0.00705. The average molecular weight is 296 g/mol. The van der Waals surface area contributed by atoms with Crippen LogP contribution in [0.4, 0.5) is 0 Å². The van der Waals surface area contributed by atoms with Gasteiger partial charge in [-0.2, -0.15) is 0 Å². The maximum atomic E-state index is 12.0. The van der Waals surface area contributed by atoms with Gasteiger partial charge in [0, 0.05) is 13.1 Å². The van der Waals surface area contributed by atoms with Gasteiger partial charge >= 0.3 is 5.97 Å². The van der Waals surface area contributed by atoms with Crippen LogP contribution in [0.15, 0.2) is 10.6 Å². The highest BCUT2D eigenvalue weighted by atomic mass is 16.5. The van der Waals surface area contributed by atoms with Crippen LogP contribution in [0.2, 0.25) is 0 Å². The molecule has 0 aromatic carbocycles. The second-order valence-corrected chi connectivity index (χ2v) is 4.97. The largest absolute Gasteiger partial charge is 0.457 e. The van der Waals surface area contributed by atoms with Gasteiger partial charge in [0.15, 0.2) is 18.1 Å². The maximum absolute atomic E-state index is 12.0. The van der Waals surface area contributed by atoms with Crippen LogP contribution >= 0.6 is 0 Å². The Labute approximate surface area is 125 Å². The van der Waals surface area contributed by atoms with Gasteiger partial charge in [0.2, 0.25) is 0 Å². The first-order valence-corrected chi connectivity index (χ1v) is 7.46. The molecule has 1 aromatic rings. The van der Waals surface area contributed by atoms with Crippen molar-refractivity contribution in [3.8, 4) is 0 Å². The van der Waals surface area contributed by atoms with Gasteiger partial charge < -0.3 is 14.6 Å². The van der Waals surface area contributed by atoms with Crippen LogP contribution < -0.4 is 5.32 Å². The average Bonchev–Trinajstić information content (AvgIpc) is 2.97. The molecule has 0 aliphatic rings. The summed E-state index contributed by atoms with van der Waals surface area (Å²) < 4.78 is 10.2. The lowest BCUT2D eigenvalue weighted by molar-refractivity contribution is -0.151. The van der Waals surface area contributed by atoms with E-state index in [1.807, 2.05) is 6.92 Å². The van der Waals surface area contributed by atoms with Crippen molar-refractivity contribution in [1.82, 2.24) is 10.5 Å². The minimum atomic E-state index is -0.331. The third-order valence-corrected chi connectivity index (χ3v) is 3.36. The zero-order valence-electron chi connectivity index (χ0n) is 13.0. The molecule has 1 atom stereocenters. The zero-order valence-corrected chi connectivity index (χ0v) is 13.0. The SMILES string of the molecule is CCCCCC(CC)C(=O)OCc1cc(C(=O)NC)no1. The summed E-state index contributed by atoms with van der Waals surface area (Å²) in [7, 11) is 1.51. The number of hydrogen-bond acceptors (Lipinski definition) is 5. The van der Waals surface area contributed by atoms with E-state index in [9.17, 15) is 9.59 Å². The topological polar surface area (TPSA) is 81.4 Å². The summed E-state index contributed by atoms with van der Waals surface area (Å²) in [6.45, 7) is 4.12. The number of amides is 1. The summed E-state index contributed by atoms with van der Waals surface area (Å²) >= 11 is 0. The van der Waals surface area contributed by atoms with Crippen molar-refractivity contribution in [3.63, 3.8) is 0 Å². The number of carbonyl (C=O) groups is 2. The lowest BCUT2D eigenvalue weighted by atomic mass is 9.99. The first kappa shape index (κ1) is 17.2. The van der Waals surface area contributed by atoms with Gasteiger partial charge in [-0.3, -0.25) is 9.59 Å². The summed E-state index contributed by atoms with van der Waals surface area (Å²) in [4.78, 5) is 23.3. The standard InChI is InChI=1S/C15H24N2O4/c1-4-6-7-8-11(5-2)15(19)20-10-12-9-13(17-21-12)14(18)16-3/h9,11H,4-8,10H2,1-3H3,(H,16,18). The Bertz CT molecular complexity index is 456. The number of esters is 1. The Morgan fingerprint density at radius 3 is 2.76 bits per heavy atom. The molecule has 21 heavy (non-hydrogen) atoms. The van der Waals surface area contributed by atoms with Crippen molar-refractivity contribution >= 4 is 11.9 Å². The van der Waals surface area contributed by atoms with Crippen molar-refractivity contribution in [1.29, 1.82) is 0 Å². The van der Waals surface area contributed by atoms with Gasteiger partial charge in [-0.1, -0.05) is 38.3 Å². The highest BCUT2D eigenvalue weighted by molar-refractivity contribution is 5.91. The third-order valence-electron chi connectivity index (χ3n) is 3.36. The number of ether oxygens (including phenoxy) is 1. The number of hydrogen-bond donors (Lipinski definition) is 1. The number of nitrogens with zero attached hydrogens (tertiary/aromatic N) is 1. The number of nitrogens with one attached hydrogen (secondary N) is 1. The first-order chi connectivity index (χ1) is 10.1. The highest BCUT2D eigenvalue weighted by Gasteiger charge is 2.19. The van der Waals surface area contributed by atoms with Crippen LogP contribution in [0, 0.1) is 5.92 Å². The monoisotopic (exact) mass is 296 g/mol. The molecule has 1 aromatic heterocycles. The molecule has 6 heteroatoms. The second kappa shape index (κ2) is 9.15. The minimum Gasteiger partial charge on any atom is -0.457 e. The molecule has 1 heterocycles. The predicted octanol–water partition coefficient (Wildman–Crippen LogP) is 2.68. The molecular formula is C15H24N2O4. The maximum Gasteiger partial charge on any atom is 0.309 e. The van der Waals surface area contributed by atoms with Crippen LogP contribution in [-0.4, -0.2) is 24.1 Å². The summed E-state index contributed by atoms with van der Waals surface area (Å²) in [5.74, 6) is -0.253. The van der Waals surface area contributed by atoms with Gasteiger partial charge in [-0.05, 0) is 12.8 Å². The molecule has 0 aliphatic heterocycles. The Balaban J connectivity index is 2.43. The fourth-order valence-electron chi connectivity index (χ4n) is 2.01. The summed E-state index contributed by atoms with van der Waals surface area (Å²) in [6.07, 6.45) is 4.91. The second-order valence-electron chi connectivity index (χ2n) is 4.97. The van der Waals surface area contributed by atoms with E-state index in [1.54, 1.807) is 0 Å². The quantitative estimate of drug-likeness (QED) is 0.559. The van der Waals surface area contributed by atoms with Crippen molar-refractivity contribution in [3.05, 3.63) is 17.5 Å². The van der Waals surface area contributed by atoms with E-state index in [4.69, 9.17) is 9.26 Å². The van der Waals surface area contributed by atoms with E-state index >= 15 is 0 Å². The van der Waals surface area contributed by atoms with Crippen molar-refractivity contribution < 1.29 is 18.8 Å². The van der Waals surface area contributed by atoms with Gasteiger partial charge in [0.05, 0.1) is 5.92 Å². The number of aromatic nitrogens is 1. The number of carbonyl (C=O) groups excluding carboxylic acids is 2. The Morgan fingerprint density at radius 2 is 2.14 bits per heavy atom. The van der Waals surface area contributed by atoms with Crippen LogP contribution in [0.25, 0.3) is 0 Å². The summed E-state index contributed by atoms with van der Waals surface area (Å²) in [6, 6.07) is 1.48. The molecule has 1 rings (SSSR count). The smallest absolute Gasteiger partial charge is 0.309 e. The third kappa shape index (κ3) is 5.57. The van der Waals surface area contributed by atoms with E-state index in [-0.39, 0.29) is 30.1 Å². The van der Waals surface area contributed by atoms with Crippen LogP contribution in [0.3, 0.4) is 0 Å². The molecule has 0 saturated heterocycles. The van der Waals surface area contributed by atoms with E-state index in [0.717, 1.165) is 32.1 Å². The molecule has 118 valence electrons. The first-order valence-electron chi connectivity index (χ1n) is 7.46. The lowest BCUT2D eigenvalue weighted by Crippen LogP contribution is -2.18. The molecule has 1 N–H and O–H groups in total. The molecule has 6 nitrogen and oxygen atoms in total. The van der Waals surface area contributed by atoms with Gasteiger partial charge in [-0.25, -0.2) is 0 Å². The Hall–Kier alpha value is -1.85. The van der Waals surface area contributed by atoms with Crippen molar-refractivity contribution in [2.45, 2.75) is 52.6 Å². The van der Waals surface area contributed by atoms with Crippen LogP contribution in [0.1, 0.15) is 62.2 Å². The Morgan fingerprint density at radius 1 is 1.38 bits per heavy atom. The fraction of sp³-hybridized carbons (Fsp3) is 0.667. The van der Waals surface area contributed by atoms with E-state index in [1.165, 1.54) is 13.1 Å². The predicted molar refractivity (Wildman–Crippen MR) is 77.6 cm³/mol. The summed E-state index contributed by atoms with van der Waals surface area (Å²) in [5.41, 5.74) is 0.179. The fourth-order valence-corrected chi connectivity index (χ4v) is 2.01. The number of rotatable bonds is 9. The molecule has 1 unspecified atom stereocenters. The van der Waals surface area contributed by atoms with Crippen molar-refractivity contribution in [2.75, 3.05) is 7.05 Å². The highest BCUT2D eigenvalue weighted by Crippen LogP contribution is 2.16. The molecule has 0 saturated carbocycles. The molecule has 0 spiro atoms. The molecule has 1 amide bonds. The van der Waals surface area contributed by atoms with Crippen LogP contribution in [0.5, 0.6) is 0 Å². The Kier molecular flexibility index (Phi) is 7.50. The normalized spacial score (nSPS) is 12.0. The van der Waals surface area contributed by atoms with Crippen LogP contribution in [-0.2, 0) is 16.1 Å².